The van der Waals surface area contributed by atoms with Crippen molar-refractivity contribution in [1.82, 2.24) is 15.0 Å². The first-order chi connectivity index (χ1) is 22.6. The molecule has 0 atom stereocenters. The number of nitrogens with zero attached hydrogens (tertiary/aromatic N) is 4. The summed E-state index contributed by atoms with van der Waals surface area (Å²) in [6, 6.07) is 55.0. The van der Waals surface area contributed by atoms with Crippen LogP contribution in [-0.4, -0.2) is 15.0 Å². The summed E-state index contributed by atoms with van der Waals surface area (Å²) in [5, 5.41) is 0. The first-order valence-electron chi connectivity index (χ1n) is 15.6. The van der Waals surface area contributed by atoms with E-state index >= 15 is 0 Å². The third-order valence-electron chi connectivity index (χ3n) is 8.90. The molecule has 8 rings (SSSR count). The van der Waals surface area contributed by atoms with Gasteiger partial charge >= 0.3 is 0 Å². The molecule has 0 fully saturated rings. The van der Waals surface area contributed by atoms with E-state index in [2.05, 4.69) is 116 Å². The second kappa shape index (κ2) is 11.2. The van der Waals surface area contributed by atoms with Crippen molar-refractivity contribution in [3.63, 3.8) is 0 Å². The summed E-state index contributed by atoms with van der Waals surface area (Å²) in [7, 11) is 0. The van der Waals surface area contributed by atoms with Gasteiger partial charge in [0.1, 0.15) is 0 Å². The molecule has 0 saturated heterocycles. The predicted molar refractivity (Wildman–Crippen MR) is 188 cm³/mol. The third-order valence-corrected chi connectivity index (χ3v) is 8.90. The molecule has 6 aromatic carbocycles. The molecule has 46 heavy (non-hydrogen) atoms. The molecule has 0 radical (unpaired) electrons. The summed E-state index contributed by atoms with van der Waals surface area (Å²) >= 11 is 0. The molecule has 0 unspecified atom stereocenters. The van der Waals surface area contributed by atoms with E-state index in [0.717, 1.165) is 33.5 Å². The number of hydrogen-bond donors (Lipinski definition) is 0. The van der Waals surface area contributed by atoms with Gasteiger partial charge in [0.25, 0.3) is 0 Å². The van der Waals surface area contributed by atoms with Crippen molar-refractivity contribution in [1.29, 1.82) is 0 Å². The van der Waals surface area contributed by atoms with Crippen LogP contribution < -0.4 is 4.90 Å². The first kappa shape index (κ1) is 27.7. The SMILES string of the molecule is CC1(C)c2ccccc2N(c2ccccc2)c2ccc(-c3cccc(-c4nc(-c5ccccc5)nc(-c5ccccc5)n4)c3)cc21. The topological polar surface area (TPSA) is 41.9 Å². The van der Waals surface area contributed by atoms with Crippen LogP contribution in [0.3, 0.4) is 0 Å². The minimum atomic E-state index is -0.186. The number of rotatable bonds is 5. The fourth-order valence-electron chi connectivity index (χ4n) is 6.51. The normalized spacial score (nSPS) is 13.1. The summed E-state index contributed by atoms with van der Waals surface area (Å²) in [4.78, 5) is 17.2. The van der Waals surface area contributed by atoms with Gasteiger partial charge in [0.2, 0.25) is 0 Å². The average molecular weight is 593 g/mol. The lowest BCUT2D eigenvalue weighted by Crippen LogP contribution is -2.30. The molecule has 0 saturated carbocycles. The molecule has 1 aromatic heterocycles. The van der Waals surface area contributed by atoms with E-state index in [0.29, 0.717) is 17.5 Å². The largest absolute Gasteiger partial charge is 0.310 e. The Morgan fingerprint density at radius 3 is 1.52 bits per heavy atom. The summed E-state index contributed by atoms with van der Waals surface area (Å²) < 4.78 is 0. The van der Waals surface area contributed by atoms with Gasteiger partial charge in [0, 0.05) is 27.8 Å². The number of hydrogen-bond acceptors (Lipinski definition) is 4. The molecule has 0 amide bonds. The fourth-order valence-corrected chi connectivity index (χ4v) is 6.51. The van der Waals surface area contributed by atoms with Gasteiger partial charge in [-0.2, -0.15) is 0 Å². The molecule has 2 heterocycles. The standard InChI is InChI=1S/C42H32N4/c1-42(2)35-23-12-13-24-37(35)46(34-21-10-5-11-22-34)38-26-25-32(28-36(38)42)31-19-14-20-33(27-31)41-44-39(29-15-6-3-7-16-29)43-40(45-41)30-17-8-4-9-18-30/h3-28H,1-2H3. The molecule has 0 aliphatic carbocycles. The van der Waals surface area contributed by atoms with Crippen LogP contribution in [0.5, 0.6) is 0 Å². The fraction of sp³-hybridized carbons (Fsp3) is 0.0714. The van der Waals surface area contributed by atoms with Crippen LogP contribution >= 0.6 is 0 Å². The van der Waals surface area contributed by atoms with Crippen molar-refractivity contribution in [2.24, 2.45) is 0 Å². The summed E-state index contributed by atoms with van der Waals surface area (Å²) in [5.41, 5.74) is 11.1. The molecule has 0 spiro atoms. The molecule has 4 nitrogen and oxygen atoms in total. The van der Waals surface area contributed by atoms with Gasteiger partial charge in [0.15, 0.2) is 17.5 Å². The minimum absolute atomic E-state index is 0.186. The second-order valence-corrected chi connectivity index (χ2v) is 12.2. The quantitative estimate of drug-likeness (QED) is 0.199. The molecule has 0 N–H and O–H groups in total. The van der Waals surface area contributed by atoms with E-state index in [1.165, 1.54) is 22.5 Å². The molecular weight excluding hydrogens is 560 g/mol. The molecule has 0 bridgehead atoms. The highest BCUT2D eigenvalue weighted by atomic mass is 15.2. The maximum Gasteiger partial charge on any atom is 0.164 e. The third kappa shape index (κ3) is 4.85. The van der Waals surface area contributed by atoms with Gasteiger partial charge < -0.3 is 4.90 Å². The van der Waals surface area contributed by atoms with E-state index in [4.69, 9.17) is 15.0 Å². The van der Waals surface area contributed by atoms with E-state index in [-0.39, 0.29) is 5.41 Å². The predicted octanol–water partition coefficient (Wildman–Crippen LogP) is 10.6. The van der Waals surface area contributed by atoms with Crippen LogP contribution in [0.25, 0.3) is 45.3 Å². The molecular formula is C42H32N4. The highest BCUT2D eigenvalue weighted by Gasteiger charge is 2.36. The Hall–Kier alpha value is -5.87. The Kier molecular flexibility index (Phi) is 6.76. The highest BCUT2D eigenvalue weighted by molar-refractivity contribution is 5.87. The maximum atomic E-state index is 4.97. The van der Waals surface area contributed by atoms with Crippen LogP contribution in [-0.2, 0) is 5.41 Å². The van der Waals surface area contributed by atoms with Crippen molar-refractivity contribution in [3.05, 3.63) is 169 Å². The average Bonchev–Trinajstić information content (AvgIpc) is 3.13. The van der Waals surface area contributed by atoms with E-state index < -0.39 is 0 Å². The van der Waals surface area contributed by atoms with E-state index in [1.807, 2.05) is 60.7 Å². The van der Waals surface area contributed by atoms with Gasteiger partial charge in [-0.15, -0.1) is 0 Å². The van der Waals surface area contributed by atoms with Crippen LogP contribution in [0.4, 0.5) is 17.1 Å². The molecule has 4 heteroatoms. The Balaban J connectivity index is 1.25. The van der Waals surface area contributed by atoms with E-state index in [9.17, 15) is 0 Å². The van der Waals surface area contributed by atoms with Crippen LogP contribution in [0, 0.1) is 0 Å². The second-order valence-electron chi connectivity index (χ2n) is 12.2. The molecule has 220 valence electrons. The van der Waals surface area contributed by atoms with Crippen LogP contribution in [0.15, 0.2) is 158 Å². The monoisotopic (exact) mass is 592 g/mol. The molecule has 1 aliphatic heterocycles. The van der Waals surface area contributed by atoms with Crippen molar-refractivity contribution in [3.8, 4) is 45.3 Å². The smallest absolute Gasteiger partial charge is 0.164 e. The number of aromatic nitrogens is 3. The summed E-state index contributed by atoms with van der Waals surface area (Å²) in [6.07, 6.45) is 0. The Morgan fingerprint density at radius 1 is 0.391 bits per heavy atom. The number of benzene rings is 6. The Morgan fingerprint density at radius 2 is 0.870 bits per heavy atom. The Bertz CT molecular complexity index is 2120. The van der Waals surface area contributed by atoms with Crippen molar-refractivity contribution >= 4 is 17.1 Å². The summed E-state index contributed by atoms with van der Waals surface area (Å²) in [6.45, 7) is 4.66. The van der Waals surface area contributed by atoms with Gasteiger partial charge in [-0.1, -0.05) is 135 Å². The lowest BCUT2D eigenvalue weighted by atomic mass is 9.73. The van der Waals surface area contributed by atoms with Crippen molar-refractivity contribution < 1.29 is 0 Å². The lowest BCUT2D eigenvalue weighted by Gasteiger charge is -2.42. The number of anilines is 3. The van der Waals surface area contributed by atoms with Crippen molar-refractivity contribution in [2.45, 2.75) is 19.3 Å². The molecule has 7 aromatic rings. The Labute approximate surface area is 269 Å². The maximum absolute atomic E-state index is 4.97. The van der Waals surface area contributed by atoms with Gasteiger partial charge in [-0.05, 0) is 58.7 Å². The zero-order chi connectivity index (χ0) is 31.1. The summed E-state index contributed by atoms with van der Waals surface area (Å²) in [5.74, 6) is 1.96. The van der Waals surface area contributed by atoms with Gasteiger partial charge in [-0.3, -0.25) is 0 Å². The minimum Gasteiger partial charge on any atom is -0.310 e. The number of para-hydroxylation sites is 2. The van der Waals surface area contributed by atoms with Gasteiger partial charge in [-0.25, -0.2) is 15.0 Å². The van der Waals surface area contributed by atoms with E-state index in [1.54, 1.807) is 0 Å². The number of fused-ring (bicyclic) bond motifs is 2. The first-order valence-corrected chi connectivity index (χ1v) is 15.6. The molecule has 1 aliphatic rings. The highest BCUT2D eigenvalue weighted by Crippen LogP contribution is 2.52. The van der Waals surface area contributed by atoms with Crippen molar-refractivity contribution in [2.75, 3.05) is 4.90 Å². The van der Waals surface area contributed by atoms with Crippen LogP contribution in [0.2, 0.25) is 0 Å². The van der Waals surface area contributed by atoms with Gasteiger partial charge in [0.05, 0.1) is 11.4 Å². The zero-order valence-electron chi connectivity index (χ0n) is 25.8. The zero-order valence-corrected chi connectivity index (χ0v) is 25.8. The van der Waals surface area contributed by atoms with Crippen LogP contribution in [0.1, 0.15) is 25.0 Å². The lowest BCUT2D eigenvalue weighted by molar-refractivity contribution is 0.632.